The molecular formula is C15H21F3N2S. The average molecular weight is 318 g/mol. The number of para-hydroxylation sites is 1. The van der Waals surface area contributed by atoms with Crippen molar-refractivity contribution in [3.05, 3.63) is 29.8 Å². The van der Waals surface area contributed by atoms with E-state index in [4.69, 9.17) is 0 Å². The number of halogens is 3. The van der Waals surface area contributed by atoms with Crippen LogP contribution >= 0.6 is 11.8 Å². The Kier molecular flexibility index (Phi) is 5.81. The van der Waals surface area contributed by atoms with Crippen molar-refractivity contribution in [1.82, 2.24) is 5.32 Å². The van der Waals surface area contributed by atoms with Crippen LogP contribution in [0.2, 0.25) is 0 Å². The zero-order valence-electron chi connectivity index (χ0n) is 12.1. The second-order valence-corrected chi connectivity index (χ2v) is 6.40. The molecule has 1 atom stereocenters. The summed E-state index contributed by atoms with van der Waals surface area (Å²) in [5.41, 5.74) is -1.92. The number of nitrogens with zero attached hydrogens (tertiary/aromatic N) is 1. The van der Waals surface area contributed by atoms with Gasteiger partial charge in [0.2, 0.25) is 0 Å². The van der Waals surface area contributed by atoms with E-state index in [-0.39, 0.29) is 17.5 Å². The molecule has 1 N–H and O–H groups in total. The van der Waals surface area contributed by atoms with Crippen LogP contribution in [0, 0.1) is 0 Å². The highest BCUT2D eigenvalue weighted by Gasteiger charge is 2.28. The van der Waals surface area contributed by atoms with Crippen molar-refractivity contribution >= 4 is 17.4 Å². The normalized spacial score (nSPS) is 19.2. The van der Waals surface area contributed by atoms with Crippen LogP contribution in [0.1, 0.15) is 25.3 Å². The minimum absolute atomic E-state index is 0.0612. The molecule has 1 aliphatic rings. The van der Waals surface area contributed by atoms with Gasteiger partial charge in [0.15, 0.2) is 0 Å². The van der Waals surface area contributed by atoms with Crippen molar-refractivity contribution in [3.8, 4) is 0 Å². The molecule has 1 unspecified atom stereocenters. The van der Waals surface area contributed by atoms with Gasteiger partial charge < -0.3 is 10.2 Å². The zero-order valence-corrected chi connectivity index (χ0v) is 12.9. The van der Waals surface area contributed by atoms with Crippen LogP contribution in [0.3, 0.4) is 0 Å². The summed E-state index contributed by atoms with van der Waals surface area (Å²) < 4.78 is 36.9. The number of rotatable bonds is 5. The van der Waals surface area contributed by atoms with Crippen LogP contribution in [-0.4, -0.2) is 30.4 Å². The summed E-state index contributed by atoms with van der Waals surface area (Å²) in [6, 6.07) is 8.30. The van der Waals surface area contributed by atoms with Crippen molar-refractivity contribution < 1.29 is 13.2 Å². The SMILES string of the molecule is CCCC1CN(CCSC(F)(F)F)c2ccccc2CN1. The lowest BCUT2D eigenvalue weighted by molar-refractivity contribution is -0.0327. The number of anilines is 1. The maximum atomic E-state index is 12.3. The standard InChI is InChI=1S/C15H21F3N2S/c1-2-5-13-11-20(8-9-21-15(16,17)18)14-7-4-3-6-12(14)10-19-13/h3-4,6-7,13,19H,2,5,8-11H2,1H3. The van der Waals surface area contributed by atoms with Crippen molar-refractivity contribution in [1.29, 1.82) is 0 Å². The highest BCUT2D eigenvalue weighted by atomic mass is 32.2. The first-order valence-electron chi connectivity index (χ1n) is 7.26. The van der Waals surface area contributed by atoms with E-state index in [1.54, 1.807) is 0 Å². The first-order valence-corrected chi connectivity index (χ1v) is 8.25. The van der Waals surface area contributed by atoms with Gasteiger partial charge in [0.1, 0.15) is 0 Å². The quantitative estimate of drug-likeness (QED) is 0.883. The second kappa shape index (κ2) is 7.40. The smallest absolute Gasteiger partial charge is 0.369 e. The molecule has 1 aromatic carbocycles. The van der Waals surface area contributed by atoms with Gasteiger partial charge in [0.05, 0.1) is 0 Å². The summed E-state index contributed by atoms with van der Waals surface area (Å²) in [4.78, 5) is 2.09. The Hall–Kier alpha value is -0.880. The van der Waals surface area contributed by atoms with Crippen molar-refractivity contribution in [3.63, 3.8) is 0 Å². The molecule has 0 amide bonds. The summed E-state index contributed by atoms with van der Waals surface area (Å²) in [6.07, 6.45) is 2.11. The molecule has 21 heavy (non-hydrogen) atoms. The minimum Gasteiger partial charge on any atom is -0.369 e. The van der Waals surface area contributed by atoms with Gasteiger partial charge in [-0.3, -0.25) is 0 Å². The summed E-state index contributed by atoms with van der Waals surface area (Å²) in [5, 5.41) is 3.50. The van der Waals surface area contributed by atoms with Gasteiger partial charge in [-0.1, -0.05) is 31.5 Å². The highest BCUT2D eigenvalue weighted by molar-refractivity contribution is 8.00. The van der Waals surface area contributed by atoms with Crippen LogP contribution in [-0.2, 0) is 6.54 Å². The lowest BCUT2D eigenvalue weighted by Gasteiger charge is -2.27. The Morgan fingerprint density at radius 3 is 2.81 bits per heavy atom. The Morgan fingerprint density at radius 1 is 1.33 bits per heavy atom. The van der Waals surface area contributed by atoms with Gasteiger partial charge >= 0.3 is 5.51 Å². The predicted molar refractivity (Wildman–Crippen MR) is 82.7 cm³/mol. The third-order valence-electron chi connectivity index (χ3n) is 3.62. The van der Waals surface area contributed by atoms with Crippen LogP contribution < -0.4 is 10.2 Å². The number of thioether (sulfide) groups is 1. The molecule has 0 aliphatic carbocycles. The van der Waals surface area contributed by atoms with E-state index in [1.807, 2.05) is 24.3 Å². The van der Waals surface area contributed by atoms with E-state index in [0.717, 1.165) is 37.2 Å². The van der Waals surface area contributed by atoms with Gasteiger partial charge in [-0.05, 0) is 29.8 Å². The Bertz CT molecular complexity index is 451. The summed E-state index contributed by atoms with van der Waals surface area (Å²) in [6.45, 7) is 4.10. The lowest BCUT2D eigenvalue weighted by Crippen LogP contribution is -2.39. The third-order valence-corrected chi connectivity index (χ3v) is 4.33. The molecule has 2 rings (SSSR count). The van der Waals surface area contributed by atoms with E-state index in [1.165, 1.54) is 0 Å². The highest BCUT2D eigenvalue weighted by Crippen LogP contribution is 2.31. The molecular weight excluding hydrogens is 297 g/mol. The third kappa shape index (κ3) is 5.11. The first kappa shape index (κ1) is 16.5. The molecule has 0 aromatic heterocycles. The number of nitrogens with one attached hydrogen (secondary N) is 1. The van der Waals surface area contributed by atoms with Crippen LogP contribution in [0.15, 0.2) is 24.3 Å². The minimum atomic E-state index is -4.15. The topological polar surface area (TPSA) is 15.3 Å². The summed E-state index contributed by atoms with van der Waals surface area (Å²) in [5.74, 6) is 0.0662. The number of hydrogen-bond acceptors (Lipinski definition) is 3. The summed E-state index contributed by atoms with van der Waals surface area (Å²) in [7, 11) is 0. The maximum Gasteiger partial charge on any atom is 0.441 e. The number of benzene rings is 1. The molecule has 0 fully saturated rings. The van der Waals surface area contributed by atoms with Crippen LogP contribution in [0.25, 0.3) is 0 Å². The Morgan fingerprint density at radius 2 is 2.10 bits per heavy atom. The molecule has 1 heterocycles. The van der Waals surface area contributed by atoms with Crippen LogP contribution in [0.4, 0.5) is 18.9 Å². The molecule has 6 heteroatoms. The zero-order chi connectivity index (χ0) is 15.3. The maximum absolute atomic E-state index is 12.3. The van der Waals surface area contributed by atoms with Gasteiger partial charge in [-0.2, -0.15) is 13.2 Å². The Balaban J connectivity index is 2.06. The molecule has 0 bridgehead atoms. The predicted octanol–water partition coefficient (Wildman–Crippen LogP) is 4.02. The van der Waals surface area contributed by atoms with E-state index in [2.05, 4.69) is 17.1 Å². The number of fused-ring (bicyclic) bond motifs is 1. The second-order valence-electron chi connectivity index (χ2n) is 5.24. The first-order chi connectivity index (χ1) is 9.99. The van der Waals surface area contributed by atoms with Crippen molar-refractivity contribution in [2.24, 2.45) is 0 Å². The molecule has 0 spiro atoms. The molecule has 1 aliphatic heterocycles. The fourth-order valence-electron chi connectivity index (χ4n) is 2.68. The fourth-order valence-corrected chi connectivity index (χ4v) is 3.22. The molecule has 1 aromatic rings. The fraction of sp³-hybridized carbons (Fsp3) is 0.600. The van der Waals surface area contributed by atoms with E-state index >= 15 is 0 Å². The van der Waals surface area contributed by atoms with Gasteiger partial charge in [0, 0.05) is 37.1 Å². The van der Waals surface area contributed by atoms with Crippen molar-refractivity contribution in [2.75, 3.05) is 23.7 Å². The monoisotopic (exact) mass is 318 g/mol. The largest absolute Gasteiger partial charge is 0.441 e. The van der Waals surface area contributed by atoms with E-state index in [0.29, 0.717) is 12.6 Å². The van der Waals surface area contributed by atoms with E-state index in [9.17, 15) is 13.2 Å². The Labute approximate surface area is 128 Å². The molecule has 0 saturated carbocycles. The number of hydrogen-bond donors (Lipinski definition) is 1. The van der Waals surface area contributed by atoms with Crippen LogP contribution in [0.5, 0.6) is 0 Å². The molecule has 2 nitrogen and oxygen atoms in total. The van der Waals surface area contributed by atoms with Crippen molar-refractivity contribution in [2.45, 2.75) is 37.9 Å². The van der Waals surface area contributed by atoms with Gasteiger partial charge in [-0.15, -0.1) is 0 Å². The lowest BCUT2D eigenvalue weighted by atomic mass is 10.1. The molecule has 0 radical (unpaired) electrons. The summed E-state index contributed by atoms with van der Waals surface area (Å²) >= 11 is 0.0612. The average Bonchev–Trinajstić information content (AvgIpc) is 2.59. The molecule has 118 valence electrons. The van der Waals surface area contributed by atoms with Gasteiger partial charge in [-0.25, -0.2) is 0 Å². The number of alkyl halides is 3. The molecule has 0 saturated heterocycles. The van der Waals surface area contributed by atoms with Gasteiger partial charge in [0.25, 0.3) is 0 Å². The van der Waals surface area contributed by atoms with E-state index < -0.39 is 5.51 Å².